The Bertz CT molecular complexity index is 790. The summed E-state index contributed by atoms with van der Waals surface area (Å²) in [6.45, 7) is 11.9. The van der Waals surface area contributed by atoms with Crippen LogP contribution in [0.15, 0.2) is 41.3 Å². The van der Waals surface area contributed by atoms with Gasteiger partial charge in [-0.25, -0.2) is 8.42 Å². The molecule has 0 aliphatic rings. The Balaban J connectivity index is 2.18. The highest BCUT2D eigenvalue weighted by atomic mass is 32.2. The maximum absolute atomic E-state index is 12.5. The number of sulfonamides is 1. The minimum absolute atomic E-state index is 0.0263. The fourth-order valence-electron chi connectivity index (χ4n) is 2.43. The standard InChI is InChI=1S/C18H26N4O2S/c1-6-22(7-2)17-13-12-16(19-20-17)21-25(23,24)15-10-8-14(9-11-15)18(3,4)5/h8-13H,6-7H2,1-5H3,(H,19,21). The molecule has 25 heavy (non-hydrogen) atoms. The first kappa shape index (κ1) is 19.2. The van der Waals surface area contributed by atoms with E-state index in [1.54, 1.807) is 24.3 Å². The highest BCUT2D eigenvalue weighted by molar-refractivity contribution is 7.92. The zero-order valence-corrected chi connectivity index (χ0v) is 16.3. The Labute approximate surface area is 150 Å². The summed E-state index contributed by atoms with van der Waals surface area (Å²) < 4.78 is 27.5. The Morgan fingerprint density at radius 2 is 1.56 bits per heavy atom. The molecule has 136 valence electrons. The van der Waals surface area contributed by atoms with E-state index in [4.69, 9.17) is 0 Å². The number of hydrogen-bond acceptors (Lipinski definition) is 5. The Hall–Kier alpha value is -2.15. The average molecular weight is 362 g/mol. The lowest BCUT2D eigenvalue weighted by atomic mass is 9.87. The third-order valence-electron chi connectivity index (χ3n) is 4.01. The van der Waals surface area contributed by atoms with Gasteiger partial charge in [-0.3, -0.25) is 4.72 Å². The van der Waals surface area contributed by atoms with Gasteiger partial charge in [0.05, 0.1) is 4.90 Å². The van der Waals surface area contributed by atoms with Gasteiger partial charge in [-0.1, -0.05) is 32.9 Å². The van der Waals surface area contributed by atoms with Gasteiger partial charge in [-0.05, 0) is 49.1 Å². The van der Waals surface area contributed by atoms with Crippen molar-refractivity contribution in [3.05, 3.63) is 42.0 Å². The van der Waals surface area contributed by atoms with Crippen LogP contribution in [0.5, 0.6) is 0 Å². The van der Waals surface area contributed by atoms with Gasteiger partial charge in [0, 0.05) is 13.1 Å². The van der Waals surface area contributed by atoms with E-state index in [-0.39, 0.29) is 16.1 Å². The SMILES string of the molecule is CCN(CC)c1ccc(NS(=O)(=O)c2ccc(C(C)(C)C)cc2)nn1. The fourth-order valence-corrected chi connectivity index (χ4v) is 3.42. The number of nitrogens with one attached hydrogen (secondary N) is 1. The van der Waals surface area contributed by atoms with E-state index in [9.17, 15) is 8.42 Å². The molecule has 0 bridgehead atoms. The highest BCUT2D eigenvalue weighted by Gasteiger charge is 2.18. The molecular formula is C18H26N4O2S. The number of benzene rings is 1. The molecule has 7 heteroatoms. The van der Waals surface area contributed by atoms with Crippen LogP contribution in [0.25, 0.3) is 0 Å². The predicted octanol–water partition coefficient (Wildman–Crippen LogP) is 3.42. The minimum atomic E-state index is -3.69. The molecule has 0 atom stereocenters. The molecule has 0 unspecified atom stereocenters. The van der Waals surface area contributed by atoms with Crippen LogP contribution in [0.2, 0.25) is 0 Å². The summed E-state index contributed by atoms with van der Waals surface area (Å²) in [4.78, 5) is 2.24. The smallest absolute Gasteiger partial charge is 0.263 e. The van der Waals surface area contributed by atoms with E-state index in [2.05, 4.69) is 35.7 Å². The zero-order valence-electron chi connectivity index (χ0n) is 15.4. The van der Waals surface area contributed by atoms with Gasteiger partial charge >= 0.3 is 0 Å². The molecule has 0 fully saturated rings. The van der Waals surface area contributed by atoms with Gasteiger partial charge < -0.3 is 4.90 Å². The normalized spacial score (nSPS) is 12.0. The van der Waals surface area contributed by atoms with E-state index >= 15 is 0 Å². The molecule has 2 aromatic rings. The topological polar surface area (TPSA) is 75.2 Å². The lowest BCUT2D eigenvalue weighted by molar-refractivity contribution is 0.587. The number of aromatic nitrogens is 2. The third kappa shape index (κ3) is 4.69. The maximum Gasteiger partial charge on any atom is 0.263 e. The van der Waals surface area contributed by atoms with Crippen molar-refractivity contribution in [1.82, 2.24) is 10.2 Å². The number of hydrogen-bond donors (Lipinski definition) is 1. The van der Waals surface area contributed by atoms with E-state index in [0.717, 1.165) is 24.5 Å². The Morgan fingerprint density at radius 3 is 2.00 bits per heavy atom. The van der Waals surface area contributed by atoms with Crippen LogP contribution in [0.4, 0.5) is 11.6 Å². The fraction of sp³-hybridized carbons (Fsp3) is 0.444. The van der Waals surface area contributed by atoms with E-state index < -0.39 is 10.0 Å². The molecular weight excluding hydrogens is 336 g/mol. The lowest BCUT2D eigenvalue weighted by Gasteiger charge is -2.19. The van der Waals surface area contributed by atoms with Crippen molar-refractivity contribution in [2.45, 2.75) is 44.9 Å². The van der Waals surface area contributed by atoms with Crippen molar-refractivity contribution in [3.8, 4) is 0 Å². The van der Waals surface area contributed by atoms with Gasteiger partial charge in [0.25, 0.3) is 10.0 Å². The Kier molecular flexibility index (Phi) is 5.67. The van der Waals surface area contributed by atoms with Crippen LogP contribution in [0.3, 0.4) is 0 Å². The number of nitrogens with zero attached hydrogens (tertiary/aromatic N) is 3. The summed E-state index contributed by atoms with van der Waals surface area (Å²) in [5, 5.41) is 8.07. The van der Waals surface area contributed by atoms with Crippen molar-refractivity contribution in [2.75, 3.05) is 22.7 Å². The molecule has 1 N–H and O–H groups in total. The molecule has 0 aliphatic heterocycles. The molecule has 0 spiro atoms. The molecule has 1 aromatic heterocycles. The van der Waals surface area contributed by atoms with Crippen LogP contribution in [0.1, 0.15) is 40.2 Å². The second-order valence-corrected chi connectivity index (χ2v) is 8.51. The summed E-state index contributed by atoms with van der Waals surface area (Å²) in [6.07, 6.45) is 0. The third-order valence-corrected chi connectivity index (χ3v) is 5.38. The second kappa shape index (κ2) is 7.39. The average Bonchev–Trinajstić information content (AvgIpc) is 2.56. The van der Waals surface area contributed by atoms with Crippen LogP contribution in [-0.4, -0.2) is 31.7 Å². The van der Waals surface area contributed by atoms with Crippen molar-refractivity contribution in [3.63, 3.8) is 0 Å². The Morgan fingerprint density at radius 1 is 0.960 bits per heavy atom. The van der Waals surface area contributed by atoms with Gasteiger partial charge in [-0.15, -0.1) is 10.2 Å². The van der Waals surface area contributed by atoms with Crippen molar-refractivity contribution in [1.29, 1.82) is 0 Å². The van der Waals surface area contributed by atoms with Crippen LogP contribution >= 0.6 is 0 Å². The van der Waals surface area contributed by atoms with Gasteiger partial charge in [0.2, 0.25) is 0 Å². The van der Waals surface area contributed by atoms with Gasteiger partial charge in [0.15, 0.2) is 11.6 Å². The first-order valence-corrected chi connectivity index (χ1v) is 9.87. The van der Waals surface area contributed by atoms with E-state index in [1.165, 1.54) is 0 Å². The summed E-state index contributed by atoms with van der Waals surface area (Å²) in [5.41, 5.74) is 1.05. The lowest BCUT2D eigenvalue weighted by Crippen LogP contribution is -2.23. The molecule has 1 heterocycles. The molecule has 0 aliphatic carbocycles. The monoisotopic (exact) mass is 362 g/mol. The second-order valence-electron chi connectivity index (χ2n) is 6.83. The highest BCUT2D eigenvalue weighted by Crippen LogP contribution is 2.24. The molecule has 0 amide bonds. The van der Waals surface area contributed by atoms with Crippen molar-refractivity contribution >= 4 is 21.7 Å². The van der Waals surface area contributed by atoms with Gasteiger partial charge in [-0.2, -0.15) is 0 Å². The summed E-state index contributed by atoms with van der Waals surface area (Å²) >= 11 is 0. The molecule has 1 aromatic carbocycles. The van der Waals surface area contributed by atoms with Crippen molar-refractivity contribution < 1.29 is 8.42 Å². The van der Waals surface area contributed by atoms with Gasteiger partial charge in [0.1, 0.15) is 0 Å². The molecule has 6 nitrogen and oxygen atoms in total. The predicted molar refractivity (Wildman–Crippen MR) is 102 cm³/mol. The quantitative estimate of drug-likeness (QED) is 0.852. The van der Waals surface area contributed by atoms with Crippen molar-refractivity contribution in [2.24, 2.45) is 0 Å². The van der Waals surface area contributed by atoms with E-state index in [0.29, 0.717) is 0 Å². The summed E-state index contributed by atoms with van der Waals surface area (Å²) in [7, 11) is -3.69. The largest absolute Gasteiger partial charge is 0.356 e. The number of rotatable bonds is 6. The zero-order chi connectivity index (χ0) is 18.7. The summed E-state index contributed by atoms with van der Waals surface area (Å²) in [5.74, 6) is 0.929. The molecule has 0 saturated heterocycles. The maximum atomic E-state index is 12.5. The minimum Gasteiger partial charge on any atom is -0.356 e. The van der Waals surface area contributed by atoms with Crippen LogP contribution in [-0.2, 0) is 15.4 Å². The number of anilines is 2. The summed E-state index contributed by atoms with van der Waals surface area (Å²) in [6, 6.07) is 10.3. The first-order chi connectivity index (χ1) is 11.7. The molecule has 0 radical (unpaired) electrons. The molecule has 2 rings (SSSR count). The van der Waals surface area contributed by atoms with Crippen LogP contribution in [0, 0.1) is 0 Å². The molecule has 0 saturated carbocycles. The van der Waals surface area contributed by atoms with Crippen LogP contribution < -0.4 is 9.62 Å². The first-order valence-electron chi connectivity index (χ1n) is 8.39. The van der Waals surface area contributed by atoms with E-state index in [1.807, 2.05) is 30.9 Å².